The first-order valence-electron chi connectivity index (χ1n) is 8.73. The highest BCUT2D eigenvalue weighted by molar-refractivity contribution is 6.13. The maximum atomic E-state index is 12.8. The Morgan fingerprint density at radius 2 is 1.85 bits per heavy atom. The van der Waals surface area contributed by atoms with Crippen LogP contribution in [0.3, 0.4) is 0 Å². The van der Waals surface area contributed by atoms with Gasteiger partial charge < -0.3 is 16.2 Å². The van der Waals surface area contributed by atoms with Gasteiger partial charge in [0.1, 0.15) is 0 Å². The molecule has 2 aromatic carbocycles. The normalized spacial score (nSPS) is 17.2. The molecule has 0 saturated carbocycles. The number of hydrogen-bond donors (Lipinski definition) is 3. The molecule has 1 aliphatic rings. The van der Waals surface area contributed by atoms with Gasteiger partial charge in [-0.05, 0) is 53.1 Å². The van der Waals surface area contributed by atoms with Crippen LogP contribution in [0.25, 0.3) is 0 Å². The molecular formula is C21H22N2O4. The van der Waals surface area contributed by atoms with Crippen LogP contribution >= 0.6 is 0 Å². The third kappa shape index (κ3) is 3.30. The molecule has 27 heavy (non-hydrogen) atoms. The minimum Gasteiger partial charge on any atom is -0.478 e. The Morgan fingerprint density at radius 1 is 1.15 bits per heavy atom. The molecule has 6 nitrogen and oxygen atoms in total. The van der Waals surface area contributed by atoms with Crippen LogP contribution in [0.2, 0.25) is 0 Å². The highest BCUT2D eigenvalue weighted by Crippen LogP contribution is 2.48. The number of primary amides is 1. The van der Waals surface area contributed by atoms with Crippen molar-refractivity contribution < 1.29 is 19.5 Å². The van der Waals surface area contributed by atoms with Crippen LogP contribution in [0, 0.1) is 0 Å². The summed E-state index contributed by atoms with van der Waals surface area (Å²) < 4.78 is 0. The summed E-state index contributed by atoms with van der Waals surface area (Å²) in [5.74, 6) is -2.25. The molecule has 2 amide bonds. The Balaban J connectivity index is 2.00. The zero-order valence-electron chi connectivity index (χ0n) is 15.5. The second kappa shape index (κ2) is 6.54. The fourth-order valence-corrected chi connectivity index (χ4v) is 4.04. The summed E-state index contributed by atoms with van der Waals surface area (Å²) in [6.07, 6.45) is 0.981. The summed E-state index contributed by atoms with van der Waals surface area (Å²) in [5.41, 5.74) is 8.20. The van der Waals surface area contributed by atoms with E-state index < -0.39 is 17.8 Å². The summed E-state index contributed by atoms with van der Waals surface area (Å²) in [6.45, 7) is 6.48. The van der Waals surface area contributed by atoms with E-state index in [0.29, 0.717) is 5.69 Å². The number of carboxylic acids is 1. The van der Waals surface area contributed by atoms with E-state index >= 15 is 0 Å². The van der Waals surface area contributed by atoms with Crippen molar-refractivity contribution in [1.82, 2.24) is 0 Å². The third-order valence-corrected chi connectivity index (χ3v) is 5.17. The zero-order chi connectivity index (χ0) is 19.9. The van der Waals surface area contributed by atoms with Crippen molar-refractivity contribution in [2.45, 2.75) is 38.5 Å². The number of carbonyl (C=O) groups excluding carboxylic acids is 2. The van der Waals surface area contributed by atoms with E-state index in [1.165, 1.54) is 17.7 Å². The van der Waals surface area contributed by atoms with Gasteiger partial charge in [0.15, 0.2) is 0 Å². The van der Waals surface area contributed by atoms with E-state index in [4.69, 9.17) is 10.8 Å². The second-order valence-corrected chi connectivity index (χ2v) is 7.64. The number of benzene rings is 2. The van der Waals surface area contributed by atoms with Crippen LogP contribution in [-0.2, 0) is 5.41 Å². The quantitative estimate of drug-likeness (QED) is 0.769. The van der Waals surface area contributed by atoms with E-state index in [1.54, 1.807) is 0 Å². The van der Waals surface area contributed by atoms with Gasteiger partial charge in [-0.2, -0.15) is 0 Å². The van der Waals surface area contributed by atoms with Crippen LogP contribution in [0.1, 0.15) is 75.3 Å². The highest BCUT2D eigenvalue weighted by Gasteiger charge is 2.36. The fourth-order valence-electron chi connectivity index (χ4n) is 4.04. The number of anilines is 1. The average molecular weight is 366 g/mol. The summed E-state index contributed by atoms with van der Waals surface area (Å²) in [6, 6.07) is 9.53. The van der Waals surface area contributed by atoms with E-state index in [1.807, 2.05) is 12.1 Å². The van der Waals surface area contributed by atoms with Crippen LogP contribution in [-0.4, -0.2) is 22.9 Å². The maximum absolute atomic E-state index is 12.8. The Morgan fingerprint density at radius 3 is 2.48 bits per heavy atom. The molecule has 0 radical (unpaired) electrons. The number of amides is 2. The molecule has 0 heterocycles. The molecule has 0 aromatic heterocycles. The summed E-state index contributed by atoms with van der Waals surface area (Å²) >= 11 is 0. The van der Waals surface area contributed by atoms with Crippen LogP contribution < -0.4 is 11.1 Å². The molecule has 0 aliphatic heterocycles. The average Bonchev–Trinajstić information content (AvgIpc) is 2.84. The van der Waals surface area contributed by atoms with Gasteiger partial charge in [0.2, 0.25) is 5.91 Å². The number of nitrogens with one attached hydrogen (secondary N) is 1. The lowest BCUT2D eigenvalue weighted by Gasteiger charge is -2.19. The largest absolute Gasteiger partial charge is 0.478 e. The molecule has 6 heteroatoms. The molecule has 0 fully saturated rings. The van der Waals surface area contributed by atoms with Crippen molar-refractivity contribution in [2.24, 2.45) is 5.73 Å². The molecule has 1 unspecified atom stereocenters. The predicted molar refractivity (Wildman–Crippen MR) is 102 cm³/mol. The van der Waals surface area contributed by atoms with Gasteiger partial charge in [0.05, 0.1) is 16.7 Å². The predicted octanol–water partition coefficient (Wildman–Crippen LogP) is 3.52. The molecule has 0 bridgehead atoms. The number of carboxylic acid groups (broad SMARTS) is 1. The number of rotatable bonds is 4. The topological polar surface area (TPSA) is 109 Å². The minimum atomic E-state index is -1.19. The second-order valence-electron chi connectivity index (χ2n) is 7.64. The third-order valence-electron chi connectivity index (χ3n) is 5.17. The van der Waals surface area contributed by atoms with Crippen molar-refractivity contribution >= 4 is 23.5 Å². The highest BCUT2D eigenvalue weighted by atomic mass is 16.4. The Hall–Kier alpha value is -3.15. The van der Waals surface area contributed by atoms with E-state index in [9.17, 15) is 14.4 Å². The standard InChI is InChI=1S/C21H22N2O4/c1-11-10-21(2,3)15-5-4-6-16(17(11)15)23-19(25)13-8-7-12(20(26)27)9-14(13)18(22)24/h4-9,11H,10H2,1-3H3,(H2,22,24)(H,23,25)(H,26,27). The molecule has 3 rings (SSSR count). The van der Waals surface area contributed by atoms with E-state index in [-0.39, 0.29) is 28.0 Å². The summed E-state index contributed by atoms with van der Waals surface area (Å²) in [4.78, 5) is 35.7. The van der Waals surface area contributed by atoms with Gasteiger partial charge in [-0.15, -0.1) is 0 Å². The van der Waals surface area contributed by atoms with Crippen molar-refractivity contribution in [3.63, 3.8) is 0 Å². The molecule has 0 saturated heterocycles. The molecule has 4 N–H and O–H groups in total. The first-order valence-corrected chi connectivity index (χ1v) is 8.73. The lowest BCUT2D eigenvalue weighted by atomic mass is 9.86. The Labute approximate surface area is 157 Å². The molecular weight excluding hydrogens is 344 g/mol. The first kappa shape index (κ1) is 18.6. The monoisotopic (exact) mass is 366 g/mol. The fraction of sp³-hybridized carbons (Fsp3) is 0.286. The molecule has 2 aromatic rings. The van der Waals surface area contributed by atoms with Crippen molar-refractivity contribution in [3.05, 3.63) is 64.2 Å². The van der Waals surface area contributed by atoms with Crippen LogP contribution in [0.15, 0.2) is 36.4 Å². The molecule has 1 atom stereocenters. The maximum Gasteiger partial charge on any atom is 0.335 e. The smallest absolute Gasteiger partial charge is 0.335 e. The van der Waals surface area contributed by atoms with Crippen molar-refractivity contribution in [3.8, 4) is 0 Å². The Bertz CT molecular complexity index is 963. The minimum absolute atomic E-state index is 0.0248. The van der Waals surface area contributed by atoms with Crippen molar-refractivity contribution in [2.75, 3.05) is 5.32 Å². The molecule has 1 aliphatic carbocycles. The van der Waals surface area contributed by atoms with E-state index in [0.717, 1.165) is 18.1 Å². The summed E-state index contributed by atoms with van der Waals surface area (Å²) in [5, 5.41) is 12.0. The molecule has 140 valence electrons. The number of fused-ring (bicyclic) bond motifs is 1. The number of nitrogens with two attached hydrogens (primary N) is 1. The van der Waals surface area contributed by atoms with Gasteiger partial charge in [0, 0.05) is 5.69 Å². The lowest BCUT2D eigenvalue weighted by molar-refractivity contribution is 0.0696. The zero-order valence-corrected chi connectivity index (χ0v) is 15.5. The van der Waals surface area contributed by atoms with Gasteiger partial charge in [0.25, 0.3) is 5.91 Å². The van der Waals surface area contributed by atoms with Gasteiger partial charge in [-0.3, -0.25) is 9.59 Å². The SMILES string of the molecule is CC1CC(C)(C)c2cccc(NC(=O)c3ccc(C(=O)O)cc3C(N)=O)c21. The van der Waals surface area contributed by atoms with Gasteiger partial charge in [-0.1, -0.05) is 32.9 Å². The number of carbonyl (C=O) groups is 3. The lowest BCUT2D eigenvalue weighted by Crippen LogP contribution is -2.21. The first-order chi connectivity index (χ1) is 12.6. The van der Waals surface area contributed by atoms with Crippen molar-refractivity contribution in [1.29, 1.82) is 0 Å². The number of aromatic carboxylic acids is 1. The van der Waals surface area contributed by atoms with Crippen LogP contribution in [0.4, 0.5) is 5.69 Å². The Kier molecular flexibility index (Phi) is 4.51. The number of hydrogen-bond acceptors (Lipinski definition) is 3. The molecule has 0 spiro atoms. The van der Waals surface area contributed by atoms with Gasteiger partial charge >= 0.3 is 5.97 Å². The summed E-state index contributed by atoms with van der Waals surface area (Å²) in [7, 11) is 0. The van der Waals surface area contributed by atoms with Crippen LogP contribution in [0.5, 0.6) is 0 Å². The van der Waals surface area contributed by atoms with Gasteiger partial charge in [-0.25, -0.2) is 4.79 Å². The van der Waals surface area contributed by atoms with E-state index in [2.05, 4.69) is 32.2 Å².